The Morgan fingerprint density at radius 2 is 1.97 bits per heavy atom. The van der Waals surface area contributed by atoms with Gasteiger partial charge in [0.05, 0.1) is 21.5 Å². The zero-order valence-corrected chi connectivity index (χ0v) is 20.3. The zero-order chi connectivity index (χ0) is 25.1. The average molecular weight is 510 g/mol. The molecule has 37 heavy (non-hydrogen) atoms. The van der Waals surface area contributed by atoms with E-state index in [9.17, 15) is 9.90 Å². The summed E-state index contributed by atoms with van der Waals surface area (Å²) in [7, 11) is 0. The molecule has 3 heterocycles. The van der Waals surface area contributed by atoms with Gasteiger partial charge < -0.3 is 9.99 Å². The third-order valence-corrected chi connectivity index (χ3v) is 7.41. The highest BCUT2D eigenvalue weighted by Crippen LogP contribution is 2.37. The van der Waals surface area contributed by atoms with Gasteiger partial charge in [0, 0.05) is 16.5 Å². The molecule has 1 aromatic heterocycles. The van der Waals surface area contributed by atoms with E-state index in [-0.39, 0.29) is 5.56 Å². The zero-order valence-electron chi connectivity index (χ0n) is 19.5. The fourth-order valence-electron chi connectivity index (χ4n) is 4.53. The second-order valence-corrected chi connectivity index (χ2v) is 9.78. The van der Waals surface area contributed by atoms with Crippen LogP contribution in [0.3, 0.4) is 0 Å². The lowest BCUT2D eigenvalue weighted by Crippen LogP contribution is -2.45. The molecule has 0 unspecified atom stereocenters. The number of rotatable bonds is 4. The lowest BCUT2D eigenvalue weighted by molar-refractivity contribution is -0.194. The second-order valence-electron chi connectivity index (χ2n) is 8.77. The normalized spacial score (nSPS) is 14.6. The van der Waals surface area contributed by atoms with Crippen molar-refractivity contribution < 1.29 is 19.7 Å². The van der Waals surface area contributed by atoms with Crippen molar-refractivity contribution in [1.29, 1.82) is 0 Å². The first-order chi connectivity index (χ1) is 18.0. The van der Waals surface area contributed by atoms with Gasteiger partial charge in [-0.05, 0) is 48.2 Å². The molecule has 2 aliphatic rings. The number of aromatic carboxylic acids is 1. The van der Waals surface area contributed by atoms with Gasteiger partial charge in [-0.3, -0.25) is 5.43 Å². The van der Waals surface area contributed by atoms with E-state index in [4.69, 9.17) is 19.9 Å². The summed E-state index contributed by atoms with van der Waals surface area (Å²) in [5.41, 5.74) is 7.76. The van der Waals surface area contributed by atoms with Crippen LogP contribution in [-0.4, -0.2) is 21.9 Å². The van der Waals surface area contributed by atoms with Gasteiger partial charge in [0.2, 0.25) is 5.13 Å². The minimum absolute atomic E-state index is 0.214. The summed E-state index contributed by atoms with van der Waals surface area (Å²) in [6.45, 7) is 2.27. The molecular formula is C27H19N5O4S. The number of amidine groups is 1. The van der Waals surface area contributed by atoms with E-state index in [0.29, 0.717) is 23.3 Å². The number of nitrogens with zero attached hydrogens (tertiary/aromatic N) is 4. The molecule has 5 aromatic rings. The van der Waals surface area contributed by atoms with E-state index in [2.05, 4.69) is 29.7 Å². The molecule has 2 aliphatic heterocycles. The second kappa shape index (κ2) is 8.19. The maximum Gasteiger partial charge on any atom is 0.335 e. The third-order valence-electron chi connectivity index (χ3n) is 6.41. The van der Waals surface area contributed by atoms with E-state index in [1.54, 1.807) is 28.4 Å². The van der Waals surface area contributed by atoms with Crippen LogP contribution in [0.15, 0.2) is 77.9 Å². The SMILES string of the molecule is Cc1cc(C(=O)O)ccc1N1N=C(c2ccc3c(c2)OOC3)NN1c1nc2c(ccc3ccccc32)s1. The minimum Gasteiger partial charge on any atom is -0.478 e. The number of thiazole rings is 1. The Hall–Kier alpha value is -4.67. The molecule has 182 valence electrons. The summed E-state index contributed by atoms with van der Waals surface area (Å²) in [6.07, 6.45) is 0. The molecule has 7 rings (SSSR count). The van der Waals surface area contributed by atoms with Crippen LogP contribution < -0.4 is 20.5 Å². The number of aromatic nitrogens is 1. The molecule has 0 amide bonds. The Kier molecular flexibility index (Phi) is 4.78. The number of aryl methyl sites for hydroxylation is 1. The van der Waals surface area contributed by atoms with Crippen molar-refractivity contribution in [3.8, 4) is 5.75 Å². The van der Waals surface area contributed by atoms with Gasteiger partial charge in [-0.25, -0.2) is 9.78 Å². The number of carboxylic acids is 1. The predicted octanol–water partition coefficient (Wildman–Crippen LogP) is 5.39. The van der Waals surface area contributed by atoms with Crippen LogP contribution in [0.1, 0.15) is 27.0 Å². The van der Waals surface area contributed by atoms with Crippen LogP contribution in [0.25, 0.3) is 21.0 Å². The molecule has 0 fully saturated rings. The summed E-state index contributed by atoms with van der Waals surface area (Å²) < 4.78 is 1.05. The Bertz CT molecular complexity index is 1770. The van der Waals surface area contributed by atoms with Crippen molar-refractivity contribution in [2.75, 3.05) is 10.2 Å². The maximum atomic E-state index is 11.5. The number of hydrogen-bond acceptors (Lipinski definition) is 9. The minimum atomic E-state index is -0.978. The molecule has 0 saturated heterocycles. The Morgan fingerprint density at radius 3 is 2.84 bits per heavy atom. The Labute approximate surface area is 214 Å². The number of hydrazine groups is 2. The van der Waals surface area contributed by atoms with Crippen molar-refractivity contribution in [3.63, 3.8) is 0 Å². The summed E-state index contributed by atoms with van der Waals surface area (Å²) >= 11 is 1.54. The van der Waals surface area contributed by atoms with Crippen LogP contribution in [-0.2, 0) is 11.5 Å². The maximum absolute atomic E-state index is 11.5. The van der Waals surface area contributed by atoms with Gasteiger partial charge in [0.15, 0.2) is 11.6 Å². The standard InChI is InChI=1S/C27H19N5O4S/c1-15-12-18(26(33)34)8-10-21(15)31-29-25(17-6-7-19-14-35-36-22(19)13-17)30-32(31)27-28-24-20-5-3-2-4-16(20)9-11-23(24)37-27/h2-13H,14H2,1H3,(H,29,30)(H,33,34). The molecule has 0 saturated carbocycles. The monoisotopic (exact) mass is 509 g/mol. The molecular weight excluding hydrogens is 490 g/mol. The van der Waals surface area contributed by atoms with Crippen molar-refractivity contribution in [2.24, 2.45) is 5.10 Å². The fraction of sp³-hybridized carbons (Fsp3) is 0.0741. The van der Waals surface area contributed by atoms with Crippen LogP contribution >= 0.6 is 11.3 Å². The van der Waals surface area contributed by atoms with Gasteiger partial charge in [-0.1, -0.05) is 53.8 Å². The number of fused-ring (bicyclic) bond motifs is 4. The van der Waals surface area contributed by atoms with Crippen LogP contribution in [0.5, 0.6) is 5.75 Å². The molecule has 0 spiro atoms. The van der Waals surface area contributed by atoms with Crippen molar-refractivity contribution in [1.82, 2.24) is 10.4 Å². The molecule has 0 aliphatic carbocycles. The number of hydrogen-bond donors (Lipinski definition) is 2. The van der Waals surface area contributed by atoms with E-state index < -0.39 is 5.97 Å². The first-order valence-corrected chi connectivity index (χ1v) is 12.4. The predicted molar refractivity (Wildman–Crippen MR) is 142 cm³/mol. The molecule has 2 N–H and O–H groups in total. The highest BCUT2D eigenvalue weighted by Gasteiger charge is 2.31. The Balaban J connectivity index is 1.35. The smallest absolute Gasteiger partial charge is 0.335 e. The first-order valence-electron chi connectivity index (χ1n) is 11.6. The molecule has 10 heteroatoms. The molecule has 0 atom stereocenters. The summed E-state index contributed by atoms with van der Waals surface area (Å²) in [5.74, 6) is 0.262. The van der Waals surface area contributed by atoms with Crippen molar-refractivity contribution in [3.05, 3.63) is 95.1 Å². The highest BCUT2D eigenvalue weighted by molar-refractivity contribution is 7.22. The van der Waals surface area contributed by atoms with E-state index in [0.717, 1.165) is 43.4 Å². The summed E-state index contributed by atoms with van der Waals surface area (Å²) in [5, 5.41) is 20.7. The number of anilines is 2. The first kappa shape index (κ1) is 21.6. The lowest BCUT2D eigenvalue weighted by atomic mass is 10.1. The van der Waals surface area contributed by atoms with Gasteiger partial charge in [0.25, 0.3) is 0 Å². The Morgan fingerprint density at radius 1 is 1.08 bits per heavy atom. The largest absolute Gasteiger partial charge is 0.478 e. The summed E-state index contributed by atoms with van der Waals surface area (Å²) in [6, 6.07) is 23.1. The van der Waals surface area contributed by atoms with Crippen molar-refractivity contribution >= 4 is 54.9 Å². The van der Waals surface area contributed by atoms with Crippen LogP contribution in [0, 0.1) is 6.92 Å². The molecule has 0 radical (unpaired) electrons. The van der Waals surface area contributed by atoms with E-state index >= 15 is 0 Å². The molecule has 0 bridgehead atoms. The van der Waals surface area contributed by atoms with Crippen LogP contribution in [0.2, 0.25) is 0 Å². The van der Waals surface area contributed by atoms with Gasteiger partial charge in [0.1, 0.15) is 6.61 Å². The van der Waals surface area contributed by atoms with Gasteiger partial charge in [-0.2, -0.15) is 4.89 Å². The topological polar surface area (TPSA) is 99.5 Å². The van der Waals surface area contributed by atoms with Gasteiger partial charge in [-0.15, -0.1) is 15.3 Å². The quantitative estimate of drug-likeness (QED) is 0.311. The highest BCUT2D eigenvalue weighted by atomic mass is 32.1. The number of nitrogens with one attached hydrogen (secondary N) is 1. The number of carboxylic acid groups (broad SMARTS) is 1. The lowest BCUT2D eigenvalue weighted by Gasteiger charge is -2.26. The molecule has 4 aromatic carbocycles. The van der Waals surface area contributed by atoms with Gasteiger partial charge >= 0.3 is 5.97 Å². The molecule has 9 nitrogen and oxygen atoms in total. The number of hydrazone groups is 1. The van der Waals surface area contributed by atoms with Crippen molar-refractivity contribution in [2.45, 2.75) is 13.5 Å². The van der Waals surface area contributed by atoms with Crippen LogP contribution in [0.4, 0.5) is 10.8 Å². The van der Waals surface area contributed by atoms with E-state index in [1.165, 1.54) is 11.3 Å². The van der Waals surface area contributed by atoms with E-state index in [1.807, 2.05) is 37.3 Å². The number of carbonyl (C=O) groups is 1. The third kappa shape index (κ3) is 3.53. The summed E-state index contributed by atoms with van der Waals surface area (Å²) in [4.78, 5) is 26.9. The fourth-order valence-corrected chi connectivity index (χ4v) is 5.46. The average Bonchev–Trinajstić information content (AvgIpc) is 3.66. The number of benzene rings is 4.